The van der Waals surface area contributed by atoms with Crippen molar-refractivity contribution in [3.63, 3.8) is 0 Å². The molecule has 4 rings (SSSR count). The summed E-state index contributed by atoms with van der Waals surface area (Å²) < 4.78 is 5.57. The van der Waals surface area contributed by atoms with Crippen LogP contribution in [0.1, 0.15) is 38.8 Å². The molecular formula is C24H25N3O4. The highest BCUT2D eigenvalue weighted by molar-refractivity contribution is 6.00. The van der Waals surface area contributed by atoms with Gasteiger partial charge in [0.25, 0.3) is 5.91 Å². The van der Waals surface area contributed by atoms with Crippen molar-refractivity contribution < 1.29 is 19.7 Å². The average Bonchev–Trinajstić information content (AvgIpc) is 3.26. The van der Waals surface area contributed by atoms with Gasteiger partial charge in [-0.25, -0.2) is 0 Å². The van der Waals surface area contributed by atoms with E-state index in [1.165, 1.54) is 0 Å². The molecule has 1 aliphatic heterocycles. The molecule has 2 aromatic carbocycles. The Labute approximate surface area is 180 Å². The first-order valence-corrected chi connectivity index (χ1v) is 10.1. The summed E-state index contributed by atoms with van der Waals surface area (Å²) in [5.41, 5.74) is 4.87. The minimum atomic E-state index is -0.447. The molecule has 0 fully saturated rings. The summed E-state index contributed by atoms with van der Waals surface area (Å²) >= 11 is 0. The van der Waals surface area contributed by atoms with Crippen LogP contribution in [0.25, 0.3) is 11.3 Å². The number of amides is 1. The highest BCUT2D eigenvalue weighted by Gasteiger charge is 2.42. The smallest absolute Gasteiger partial charge is 0.273 e. The van der Waals surface area contributed by atoms with Gasteiger partial charge in [0.05, 0.1) is 12.6 Å². The molecule has 1 atom stereocenters. The van der Waals surface area contributed by atoms with Crippen molar-refractivity contribution in [1.82, 2.24) is 15.1 Å². The van der Waals surface area contributed by atoms with Crippen molar-refractivity contribution >= 4 is 5.91 Å². The summed E-state index contributed by atoms with van der Waals surface area (Å²) in [6.07, 6.45) is 1.67. The predicted molar refractivity (Wildman–Crippen MR) is 117 cm³/mol. The first-order valence-electron chi connectivity index (χ1n) is 10.1. The number of nitrogens with zero attached hydrogens (tertiary/aromatic N) is 2. The zero-order valence-electron chi connectivity index (χ0n) is 17.6. The van der Waals surface area contributed by atoms with Gasteiger partial charge in [-0.3, -0.25) is 9.89 Å². The second-order valence-electron chi connectivity index (χ2n) is 7.63. The van der Waals surface area contributed by atoms with E-state index in [1.54, 1.807) is 17.0 Å². The van der Waals surface area contributed by atoms with Crippen molar-refractivity contribution in [3.05, 3.63) is 77.0 Å². The van der Waals surface area contributed by atoms with Crippen LogP contribution in [-0.4, -0.2) is 51.0 Å². The zero-order valence-corrected chi connectivity index (χ0v) is 17.6. The molecule has 7 heteroatoms. The lowest BCUT2D eigenvalue weighted by atomic mass is 9.93. The highest BCUT2D eigenvalue weighted by Crippen LogP contribution is 2.45. The summed E-state index contributed by atoms with van der Waals surface area (Å²) in [5, 5.41) is 27.5. The number of aliphatic hydroxyl groups is 1. The molecule has 3 aromatic rings. The van der Waals surface area contributed by atoms with Crippen LogP contribution in [0.3, 0.4) is 0 Å². The second kappa shape index (κ2) is 8.28. The van der Waals surface area contributed by atoms with Gasteiger partial charge in [-0.2, -0.15) is 5.10 Å². The molecule has 1 aliphatic rings. The van der Waals surface area contributed by atoms with Crippen molar-refractivity contribution in [2.45, 2.75) is 19.9 Å². The Morgan fingerprint density at radius 3 is 2.65 bits per heavy atom. The van der Waals surface area contributed by atoms with Gasteiger partial charge in [0.15, 0.2) is 0 Å². The van der Waals surface area contributed by atoms with E-state index < -0.39 is 6.04 Å². The van der Waals surface area contributed by atoms with E-state index in [9.17, 15) is 15.0 Å². The van der Waals surface area contributed by atoms with E-state index in [0.29, 0.717) is 34.9 Å². The Bertz CT molecular complexity index is 1110. The molecule has 0 saturated heterocycles. The summed E-state index contributed by atoms with van der Waals surface area (Å²) in [4.78, 5) is 14.7. The van der Waals surface area contributed by atoms with Crippen LogP contribution in [0, 0.1) is 13.8 Å². The lowest BCUT2D eigenvalue weighted by molar-refractivity contribution is 0.0706. The third-order valence-electron chi connectivity index (χ3n) is 5.46. The Morgan fingerprint density at radius 1 is 1.26 bits per heavy atom. The maximum absolute atomic E-state index is 13.1. The normalized spacial score (nSPS) is 15.3. The Kier molecular flexibility index (Phi) is 5.52. The number of aliphatic hydroxyl groups excluding tert-OH is 1. The van der Waals surface area contributed by atoms with Gasteiger partial charge >= 0.3 is 0 Å². The third-order valence-corrected chi connectivity index (χ3v) is 5.46. The fourth-order valence-electron chi connectivity index (χ4n) is 4.23. The van der Waals surface area contributed by atoms with E-state index in [2.05, 4.69) is 16.8 Å². The van der Waals surface area contributed by atoms with Crippen LogP contribution in [-0.2, 0) is 0 Å². The maximum Gasteiger partial charge on any atom is 0.273 e. The summed E-state index contributed by atoms with van der Waals surface area (Å²) in [6, 6.07) is 10.7. The van der Waals surface area contributed by atoms with Crippen LogP contribution >= 0.6 is 0 Å². The molecule has 1 amide bonds. The minimum absolute atomic E-state index is 0.117. The van der Waals surface area contributed by atoms with Crippen molar-refractivity contribution in [3.8, 4) is 22.8 Å². The largest absolute Gasteiger partial charge is 0.507 e. The van der Waals surface area contributed by atoms with Crippen LogP contribution in [0.15, 0.2) is 49.1 Å². The number of aryl methyl sites for hydroxylation is 2. The zero-order chi connectivity index (χ0) is 22.1. The van der Waals surface area contributed by atoms with E-state index in [1.807, 2.05) is 44.2 Å². The number of aromatic amines is 1. The summed E-state index contributed by atoms with van der Waals surface area (Å²) in [7, 11) is 0. The number of hydrogen-bond acceptors (Lipinski definition) is 5. The van der Waals surface area contributed by atoms with Gasteiger partial charge in [-0.15, -0.1) is 0 Å². The molecule has 0 radical (unpaired) electrons. The van der Waals surface area contributed by atoms with Crippen LogP contribution in [0.2, 0.25) is 0 Å². The molecule has 1 aromatic heterocycles. The molecule has 160 valence electrons. The van der Waals surface area contributed by atoms with Gasteiger partial charge in [0.2, 0.25) is 0 Å². The number of phenols is 1. The van der Waals surface area contributed by atoms with Crippen molar-refractivity contribution in [2.75, 3.05) is 19.8 Å². The number of H-pyrrole nitrogens is 1. The van der Waals surface area contributed by atoms with E-state index in [0.717, 1.165) is 16.7 Å². The topological polar surface area (TPSA) is 98.7 Å². The predicted octanol–water partition coefficient (Wildman–Crippen LogP) is 3.50. The fourth-order valence-corrected chi connectivity index (χ4v) is 4.23. The summed E-state index contributed by atoms with van der Waals surface area (Å²) in [5.74, 6) is 0.581. The number of phenolic OH excluding ortho intramolecular Hbond substituents is 1. The highest BCUT2D eigenvalue weighted by atomic mass is 16.5. The first kappa shape index (κ1) is 20.7. The number of rotatable bonds is 7. The molecule has 7 nitrogen and oxygen atoms in total. The number of hydrogen-bond donors (Lipinski definition) is 3. The standard InChI is InChI=1S/C24H25N3O4/c1-4-11-31-17-7-5-16(6-8-17)23-20-21(19-15(3)12-14(2)13-18(19)29)25-26-22(20)24(30)27(23)9-10-28/h4-8,12-13,23,28-29H,1,9-11H2,2-3H3,(H,25,26)/t23-/m1/s1. The van der Waals surface area contributed by atoms with Gasteiger partial charge in [-0.05, 0) is 48.7 Å². The number of β-amino-alcohol motifs (C(OH)–C–C–N with tert-alkyl or cyclic N) is 1. The number of aromatic hydroxyl groups is 1. The number of carbonyl (C=O) groups is 1. The molecule has 2 heterocycles. The molecule has 0 unspecified atom stereocenters. The molecule has 0 spiro atoms. The Hall–Kier alpha value is -3.58. The van der Waals surface area contributed by atoms with Gasteiger partial charge in [0, 0.05) is 17.7 Å². The molecule has 0 bridgehead atoms. The minimum Gasteiger partial charge on any atom is -0.507 e. The Morgan fingerprint density at radius 2 is 2.00 bits per heavy atom. The van der Waals surface area contributed by atoms with Crippen molar-refractivity contribution in [1.29, 1.82) is 0 Å². The number of ether oxygens (including phenoxy) is 1. The number of carbonyl (C=O) groups excluding carboxylic acids is 1. The van der Waals surface area contributed by atoms with Gasteiger partial charge < -0.3 is 19.8 Å². The summed E-state index contributed by atoms with van der Waals surface area (Å²) in [6.45, 7) is 7.89. The van der Waals surface area contributed by atoms with E-state index in [4.69, 9.17) is 4.74 Å². The number of fused-ring (bicyclic) bond motifs is 1. The molecule has 31 heavy (non-hydrogen) atoms. The monoisotopic (exact) mass is 419 g/mol. The van der Waals surface area contributed by atoms with E-state index >= 15 is 0 Å². The molecule has 3 N–H and O–H groups in total. The molecular weight excluding hydrogens is 394 g/mol. The maximum atomic E-state index is 13.1. The average molecular weight is 419 g/mol. The SMILES string of the molecule is C=CCOc1ccc([C@@H]2c3c(-c4c(C)cc(C)cc4O)n[nH]c3C(=O)N2CCO)cc1. The lowest BCUT2D eigenvalue weighted by Crippen LogP contribution is -2.32. The Balaban J connectivity index is 1.84. The first-order chi connectivity index (χ1) is 15.0. The number of nitrogens with one attached hydrogen (secondary N) is 1. The van der Waals surface area contributed by atoms with Crippen LogP contribution in [0.5, 0.6) is 11.5 Å². The van der Waals surface area contributed by atoms with Crippen molar-refractivity contribution in [2.24, 2.45) is 0 Å². The van der Waals surface area contributed by atoms with Gasteiger partial charge in [-0.1, -0.05) is 30.9 Å². The molecule has 0 aliphatic carbocycles. The van der Waals surface area contributed by atoms with Crippen LogP contribution < -0.4 is 4.74 Å². The molecule has 0 saturated carbocycles. The lowest BCUT2D eigenvalue weighted by Gasteiger charge is -2.26. The van der Waals surface area contributed by atoms with Crippen LogP contribution in [0.4, 0.5) is 0 Å². The van der Waals surface area contributed by atoms with Gasteiger partial charge in [0.1, 0.15) is 29.5 Å². The second-order valence-corrected chi connectivity index (χ2v) is 7.63. The third kappa shape index (κ3) is 3.57. The van der Waals surface area contributed by atoms with E-state index in [-0.39, 0.29) is 24.8 Å². The fraction of sp³-hybridized carbons (Fsp3) is 0.250. The number of benzene rings is 2. The number of aromatic nitrogens is 2. The quantitative estimate of drug-likeness (QED) is 0.509.